The zero-order valence-electron chi connectivity index (χ0n) is 11.1. The third-order valence-electron chi connectivity index (χ3n) is 2.53. The molecular weight excluding hydrogens is 284 g/mol. The van der Waals surface area contributed by atoms with Crippen molar-refractivity contribution in [1.82, 2.24) is 5.32 Å². The smallest absolute Gasteiger partial charge is 0.326 e. The molecule has 1 atom stereocenters. The number of benzene rings is 1. The minimum atomic E-state index is -1.08. The lowest BCUT2D eigenvalue weighted by molar-refractivity contribution is -0.139. The molecule has 0 aliphatic rings. The van der Waals surface area contributed by atoms with Gasteiger partial charge in [0.2, 0.25) is 0 Å². The molecule has 0 heterocycles. The number of hydrogen-bond donors (Lipinski definition) is 3. The second kappa shape index (κ2) is 8.39. The van der Waals surface area contributed by atoms with Crippen LogP contribution in [0.3, 0.4) is 0 Å². The molecule has 0 fully saturated rings. The van der Waals surface area contributed by atoms with Crippen molar-refractivity contribution in [3.63, 3.8) is 0 Å². The number of hydrogen-bond acceptors (Lipinski definition) is 3. The first-order chi connectivity index (χ1) is 9.52. The fourth-order valence-corrected chi connectivity index (χ4v) is 1.77. The number of urea groups is 1. The molecule has 0 bridgehead atoms. The Morgan fingerprint density at radius 2 is 2.20 bits per heavy atom. The molecule has 1 rings (SSSR count). The van der Waals surface area contributed by atoms with Crippen molar-refractivity contribution in [1.29, 1.82) is 0 Å². The first-order valence-corrected chi connectivity index (χ1v) is 6.45. The highest BCUT2D eigenvalue weighted by Gasteiger charge is 2.19. The molecule has 2 amide bonds. The molecule has 3 N–H and O–H groups in total. The predicted octanol–water partition coefficient (Wildman–Crippen LogP) is 2.34. The highest BCUT2D eigenvalue weighted by Crippen LogP contribution is 2.14. The molecule has 6 nitrogen and oxygen atoms in total. The zero-order chi connectivity index (χ0) is 15.0. The predicted molar refractivity (Wildman–Crippen MR) is 76.1 cm³/mol. The number of carboxylic acid groups (broad SMARTS) is 1. The number of ether oxygens (including phenoxy) is 1. The van der Waals surface area contributed by atoms with E-state index in [4.69, 9.17) is 21.4 Å². The van der Waals surface area contributed by atoms with E-state index in [1.165, 1.54) is 7.11 Å². The van der Waals surface area contributed by atoms with Gasteiger partial charge in [-0.15, -0.1) is 0 Å². The molecule has 1 aromatic carbocycles. The first-order valence-electron chi connectivity index (χ1n) is 6.07. The van der Waals surface area contributed by atoms with Gasteiger partial charge in [-0.05, 0) is 31.0 Å². The zero-order valence-corrected chi connectivity index (χ0v) is 11.8. The van der Waals surface area contributed by atoms with Crippen molar-refractivity contribution in [2.45, 2.75) is 18.9 Å². The van der Waals surface area contributed by atoms with E-state index in [2.05, 4.69) is 10.6 Å². The van der Waals surface area contributed by atoms with Crippen LogP contribution in [0.4, 0.5) is 10.5 Å². The maximum atomic E-state index is 11.7. The first kappa shape index (κ1) is 16.3. The lowest BCUT2D eigenvalue weighted by Crippen LogP contribution is -2.43. The second-order valence-corrected chi connectivity index (χ2v) is 4.57. The van der Waals surface area contributed by atoms with Gasteiger partial charge in [0.1, 0.15) is 6.04 Å². The Labute approximate surface area is 122 Å². The molecule has 0 aromatic heterocycles. The fourth-order valence-electron chi connectivity index (χ4n) is 1.58. The summed E-state index contributed by atoms with van der Waals surface area (Å²) in [6.45, 7) is 0.446. The van der Waals surface area contributed by atoms with E-state index in [0.717, 1.165) is 0 Å². The van der Waals surface area contributed by atoms with Crippen LogP contribution in [0.5, 0.6) is 0 Å². The summed E-state index contributed by atoms with van der Waals surface area (Å²) in [4.78, 5) is 22.7. The number of carbonyl (C=O) groups is 2. The van der Waals surface area contributed by atoms with Crippen molar-refractivity contribution >= 4 is 29.3 Å². The number of nitrogens with one attached hydrogen (secondary N) is 2. The van der Waals surface area contributed by atoms with Crippen molar-refractivity contribution < 1.29 is 19.4 Å². The highest BCUT2D eigenvalue weighted by molar-refractivity contribution is 6.30. The summed E-state index contributed by atoms with van der Waals surface area (Å²) in [7, 11) is 1.54. The summed E-state index contributed by atoms with van der Waals surface area (Å²) in [6.07, 6.45) is 0.844. The van der Waals surface area contributed by atoms with E-state index in [0.29, 0.717) is 30.2 Å². The van der Waals surface area contributed by atoms with Crippen molar-refractivity contribution in [3.8, 4) is 0 Å². The summed E-state index contributed by atoms with van der Waals surface area (Å²) in [5.74, 6) is -1.08. The van der Waals surface area contributed by atoms with E-state index in [1.807, 2.05) is 0 Å². The number of methoxy groups -OCH3 is 1. The summed E-state index contributed by atoms with van der Waals surface area (Å²) in [5.41, 5.74) is 0.496. The number of carboxylic acids is 1. The molecular formula is C13H17ClN2O4. The monoisotopic (exact) mass is 300 g/mol. The van der Waals surface area contributed by atoms with Gasteiger partial charge in [-0.2, -0.15) is 0 Å². The van der Waals surface area contributed by atoms with E-state index in [9.17, 15) is 9.59 Å². The van der Waals surface area contributed by atoms with Crippen LogP contribution < -0.4 is 10.6 Å². The molecule has 0 aliphatic carbocycles. The van der Waals surface area contributed by atoms with Gasteiger partial charge in [0.05, 0.1) is 0 Å². The molecule has 1 unspecified atom stereocenters. The van der Waals surface area contributed by atoms with Gasteiger partial charge in [-0.25, -0.2) is 9.59 Å². The Kier molecular flexibility index (Phi) is 6.83. The normalized spacial score (nSPS) is 11.7. The minimum Gasteiger partial charge on any atom is -0.480 e. The number of carbonyl (C=O) groups excluding carboxylic acids is 1. The van der Waals surface area contributed by atoms with Crippen molar-refractivity contribution in [3.05, 3.63) is 29.3 Å². The molecule has 0 aliphatic heterocycles. The standard InChI is InChI=1S/C13H17ClN2O4/c1-20-7-3-6-11(12(17)18)16-13(19)15-10-5-2-4-9(14)8-10/h2,4-5,8,11H,3,6-7H2,1H3,(H,17,18)(H2,15,16,19). The van der Waals surface area contributed by atoms with Crippen molar-refractivity contribution in [2.24, 2.45) is 0 Å². The van der Waals surface area contributed by atoms with Crippen LogP contribution in [0.1, 0.15) is 12.8 Å². The van der Waals surface area contributed by atoms with E-state index in [-0.39, 0.29) is 0 Å². The molecule has 1 aromatic rings. The SMILES string of the molecule is COCCCC(NC(=O)Nc1cccc(Cl)c1)C(=O)O. The van der Waals surface area contributed by atoms with Crippen LogP contribution in [0.2, 0.25) is 5.02 Å². The average molecular weight is 301 g/mol. The number of amides is 2. The minimum absolute atomic E-state index is 0.298. The van der Waals surface area contributed by atoms with E-state index in [1.54, 1.807) is 24.3 Å². The molecule has 0 radical (unpaired) electrons. The number of halogens is 1. The van der Waals surface area contributed by atoms with Crippen LogP contribution in [-0.4, -0.2) is 36.9 Å². The number of aliphatic carboxylic acids is 1. The topological polar surface area (TPSA) is 87.7 Å². The number of rotatable bonds is 7. The maximum Gasteiger partial charge on any atom is 0.326 e. The third-order valence-corrected chi connectivity index (χ3v) is 2.76. The highest BCUT2D eigenvalue weighted by atomic mass is 35.5. The Morgan fingerprint density at radius 3 is 2.80 bits per heavy atom. The Morgan fingerprint density at radius 1 is 1.45 bits per heavy atom. The van der Waals surface area contributed by atoms with Crippen LogP contribution in [0.15, 0.2) is 24.3 Å². The molecule has 0 saturated heterocycles. The van der Waals surface area contributed by atoms with Crippen LogP contribution in [0, 0.1) is 0 Å². The van der Waals surface area contributed by atoms with Gasteiger partial charge < -0.3 is 20.5 Å². The van der Waals surface area contributed by atoms with Gasteiger partial charge in [-0.1, -0.05) is 17.7 Å². The molecule has 110 valence electrons. The molecule has 20 heavy (non-hydrogen) atoms. The average Bonchev–Trinajstić information content (AvgIpc) is 2.37. The van der Waals surface area contributed by atoms with Crippen LogP contribution in [-0.2, 0) is 9.53 Å². The van der Waals surface area contributed by atoms with Gasteiger partial charge >= 0.3 is 12.0 Å². The second-order valence-electron chi connectivity index (χ2n) is 4.13. The van der Waals surface area contributed by atoms with E-state index >= 15 is 0 Å². The molecule has 0 spiro atoms. The maximum absolute atomic E-state index is 11.7. The summed E-state index contributed by atoms with van der Waals surface area (Å²) in [5, 5.41) is 14.4. The fraction of sp³-hybridized carbons (Fsp3) is 0.385. The molecule has 7 heteroatoms. The lowest BCUT2D eigenvalue weighted by Gasteiger charge is -2.15. The van der Waals surface area contributed by atoms with Crippen molar-refractivity contribution in [2.75, 3.05) is 19.0 Å². The summed E-state index contributed by atoms with van der Waals surface area (Å²) in [6, 6.07) is 5.05. The summed E-state index contributed by atoms with van der Waals surface area (Å²) >= 11 is 5.79. The largest absolute Gasteiger partial charge is 0.480 e. The van der Waals surface area contributed by atoms with Gasteiger partial charge in [0.15, 0.2) is 0 Å². The van der Waals surface area contributed by atoms with Gasteiger partial charge in [0.25, 0.3) is 0 Å². The lowest BCUT2D eigenvalue weighted by atomic mass is 10.1. The quantitative estimate of drug-likeness (QED) is 0.674. The Balaban J connectivity index is 2.51. The number of anilines is 1. The third kappa shape index (κ3) is 5.90. The molecule has 0 saturated carbocycles. The van der Waals surface area contributed by atoms with Crippen LogP contribution in [0.25, 0.3) is 0 Å². The Hall–Kier alpha value is -1.79. The summed E-state index contributed by atoms with van der Waals surface area (Å²) < 4.78 is 4.85. The van der Waals surface area contributed by atoms with Gasteiger partial charge in [-0.3, -0.25) is 0 Å². The van der Waals surface area contributed by atoms with Crippen LogP contribution >= 0.6 is 11.6 Å². The van der Waals surface area contributed by atoms with E-state index < -0.39 is 18.0 Å². The Bertz CT molecular complexity index is 467. The van der Waals surface area contributed by atoms with Gasteiger partial charge in [0, 0.05) is 24.4 Å².